The molecule has 1 unspecified atom stereocenters. The predicted molar refractivity (Wildman–Crippen MR) is 145 cm³/mol. The van der Waals surface area contributed by atoms with Gasteiger partial charge in [0.25, 0.3) is 0 Å². The van der Waals surface area contributed by atoms with Crippen LogP contribution in [-0.2, 0) is 16.0 Å². The number of carbonyl (C=O) groups is 2. The van der Waals surface area contributed by atoms with E-state index in [-0.39, 0.29) is 18.1 Å². The lowest BCUT2D eigenvalue weighted by Gasteiger charge is -2.40. The quantitative estimate of drug-likeness (QED) is 0.507. The van der Waals surface area contributed by atoms with E-state index in [1.807, 2.05) is 27.8 Å². The van der Waals surface area contributed by atoms with E-state index in [0.29, 0.717) is 24.3 Å². The first-order chi connectivity index (χ1) is 16.9. The van der Waals surface area contributed by atoms with Crippen molar-refractivity contribution < 1.29 is 14.3 Å². The fourth-order valence-corrected chi connectivity index (χ4v) is 6.12. The number of carbonyl (C=O) groups excluding carboxylic acids is 2. The zero-order valence-electron chi connectivity index (χ0n) is 23.3. The Morgan fingerprint density at radius 3 is 2.50 bits per heavy atom. The van der Waals surface area contributed by atoms with Crippen LogP contribution in [0.25, 0.3) is 10.9 Å². The van der Waals surface area contributed by atoms with E-state index < -0.39 is 5.60 Å². The standard InChI is InChI=1S/C30H45N3O3/c1-19(2)17-25-27-24(23-10-8-9-20(3)26(23)31-27)15-16-33(25)28(34)22-13-11-21(12-14-22)18-32(7)29(35)36-30(4,5)6/h8-10,19,21-22,25,31H,11-18H2,1-7H3. The Balaban J connectivity index is 1.43. The van der Waals surface area contributed by atoms with Crippen molar-refractivity contribution in [1.29, 1.82) is 0 Å². The molecule has 6 heteroatoms. The Kier molecular flexibility index (Phi) is 7.72. The number of rotatable bonds is 5. The highest BCUT2D eigenvalue weighted by atomic mass is 16.6. The molecule has 2 aliphatic rings. The molecule has 4 rings (SSSR count). The van der Waals surface area contributed by atoms with Gasteiger partial charge in [-0.25, -0.2) is 4.79 Å². The Morgan fingerprint density at radius 2 is 1.86 bits per heavy atom. The van der Waals surface area contributed by atoms with Crippen molar-refractivity contribution in [3.63, 3.8) is 0 Å². The molecule has 2 aromatic rings. The molecule has 0 bridgehead atoms. The average molecular weight is 496 g/mol. The Morgan fingerprint density at radius 1 is 1.17 bits per heavy atom. The van der Waals surface area contributed by atoms with Gasteiger partial charge in [-0.15, -0.1) is 0 Å². The molecule has 36 heavy (non-hydrogen) atoms. The summed E-state index contributed by atoms with van der Waals surface area (Å²) in [4.78, 5) is 33.8. The third kappa shape index (κ3) is 5.73. The minimum atomic E-state index is -0.486. The van der Waals surface area contributed by atoms with Crippen LogP contribution in [0.4, 0.5) is 4.79 Å². The number of benzene rings is 1. The van der Waals surface area contributed by atoms with Crippen LogP contribution in [0.5, 0.6) is 0 Å². The number of hydrogen-bond acceptors (Lipinski definition) is 3. The maximum Gasteiger partial charge on any atom is 0.410 e. The normalized spacial score (nSPS) is 22.6. The van der Waals surface area contributed by atoms with Crippen LogP contribution in [0, 0.1) is 24.7 Å². The van der Waals surface area contributed by atoms with Crippen molar-refractivity contribution in [1.82, 2.24) is 14.8 Å². The summed E-state index contributed by atoms with van der Waals surface area (Å²) < 4.78 is 5.50. The number of nitrogens with one attached hydrogen (secondary N) is 1. The van der Waals surface area contributed by atoms with Crippen molar-refractivity contribution in [2.75, 3.05) is 20.1 Å². The number of amides is 2. The number of aryl methyl sites for hydroxylation is 1. The number of ether oxygens (including phenoxy) is 1. The van der Waals surface area contributed by atoms with E-state index in [9.17, 15) is 9.59 Å². The van der Waals surface area contributed by atoms with Gasteiger partial charge in [-0.05, 0) is 89.2 Å². The van der Waals surface area contributed by atoms with E-state index >= 15 is 0 Å². The van der Waals surface area contributed by atoms with Gasteiger partial charge in [0.1, 0.15) is 5.60 Å². The molecule has 0 radical (unpaired) electrons. The molecule has 0 saturated heterocycles. The zero-order valence-corrected chi connectivity index (χ0v) is 23.3. The molecule has 1 aromatic heterocycles. The molecule has 1 atom stereocenters. The Labute approximate surface area is 216 Å². The maximum absolute atomic E-state index is 13.9. The summed E-state index contributed by atoms with van der Waals surface area (Å²) in [5.74, 6) is 1.32. The summed E-state index contributed by atoms with van der Waals surface area (Å²) >= 11 is 0. The van der Waals surface area contributed by atoms with Gasteiger partial charge in [-0.2, -0.15) is 0 Å². The molecule has 0 spiro atoms. The Bertz CT molecular complexity index is 1090. The number of fused-ring (bicyclic) bond motifs is 3. The third-order valence-corrected chi connectivity index (χ3v) is 7.91. The summed E-state index contributed by atoms with van der Waals surface area (Å²) in [6.45, 7) is 13.8. The van der Waals surface area contributed by atoms with Crippen LogP contribution >= 0.6 is 0 Å². The third-order valence-electron chi connectivity index (χ3n) is 7.91. The molecule has 1 N–H and O–H groups in total. The van der Waals surface area contributed by atoms with E-state index in [4.69, 9.17) is 4.74 Å². The van der Waals surface area contributed by atoms with Crippen LogP contribution in [0.2, 0.25) is 0 Å². The van der Waals surface area contributed by atoms with Crippen LogP contribution in [-0.4, -0.2) is 52.5 Å². The van der Waals surface area contributed by atoms with Crippen LogP contribution in [0.1, 0.15) is 89.6 Å². The second kappa shape index (κ2) is 10.5. The predicted octanol–water partition coefficient (Wildman–Crippen LogP) is 6.62. The van der Waals surface area contributed by atoms with E-state index in [2.05, 4.69) is 48.9 Å². The highest BCUT2D eigenvalue weighted by Gasteiger charge is 2.38. The molecule has 2 heterocycles. The number of H-pyrrole nitrogens is 1. The van der Waals surface area contributed by atoms with Crippen molar-refractivity contribution in [3.8, 4) is 0 Å². The van der Waals surface area contributed by atoms with Gasteiger partial charge >= 0.3 is 6.09 Å². The van der Waals surface area contributed by atoms with Gasteiger partial charge in [0.2, 0.25) is 5.91 Å². The molecule has 1 aliphatic heterocycles. The van der Waals surface area contributed by atoms with Crippen LogP contribution < -0.4 is 0 Å². The van der Waals surface area contributed by atoms with Gasteiger partial charge in [-0.3, -0.25) is 4.79 Å². The number of para-hydroxylation sites is 1. The number of aromatic amines is 1. The summed E-state index contributed by atoms with van der Waals surface area (Å²) in [7, 11) is 1.81. The van der Waals surface area contributed by atoms with E-state index in [1.165, 1.54) is 27.7 Å². The maximum atomic E-state index is 13.9. The van der Waals surface area contributed by atoms with Crippen LogP contribution in [0.15, 0.2) is 18.2 Å². The number of nitrogens with zero attached hydrogens (tertiary/aromatic N) is 2. The first-order valence-electron chi connectivity index (χ1n) is 13.8. The molecule has 1 fully saturated rings. The number of aromatic nitrogens is 1. The summed E-state index contributed by atoms with van der Waals surface area (Å²) in [5.41, 5.74) is 4.65. The SMILES string of the molecule is Cc1cccc2c3c([nH]c12)C(CC(C)C)N(C(=O)C1CCC(CN(C)C(=O)OC(C)(C)C)CC1)CC3. The zero-order chi connectivity index (χ0) is 26.2. The first kappa shape index (κ1) is 26.6. The summed E-state index contributed by atoms with van der Waals surface area (Å²) in [6.07, 6.45) is 5.36. The minimum Gasteiger partial charge on any atom is -0.444 e. The lowest BCUT2D eigenvalue weighted by Crippen LogP contribution is -2.45. The smallest absolute Gasteiger partial charge is 0.410 e. The van der Waals surface area contributed by atoms with Gasteiger partial charge in [0, 0.05) is 42.7 Å². The molecular weight excluding hydrogens is 450 g/mol. The topological polar surface area (TPSA) is 65.6 Å². The lowest BCUT2D eigenvalue weighted by atomic mass is 9.80. The van der Waals surface area contributed by atoms with Gasteiger partial charge in [0.15, 0.2) is 0 Å². The van der Waals surface area contributed by atoms with E-state index in [0.717, 1.165) is 45.1 Å². The van der Waals surface area contributed by atoms with Crippen molar-refractivity contribution in [3.05, 3.63) is 35.0 Å². The molecule has 2 amide bonds. The van der Waals surface area contributed by atoms with Gasteiger partial charge < -0.3 is 19.5 Å². The Hall–Kier alpha value is -2.50. The first-order valence-corrected chi connectivity index (χ1v) is 13.8. The molecule has 1 saturated carbocycles. The highest BCUT2D eigenvalue weighted by Crippen LogP contribution is 2.41. The lowest BCUT2D eigenvalue weighted by molar-refractivity contribution is -0.140. The molecule has 1 aliphatic carbocycles. The minimum absolute atomic E-state index is 0.0791. The molecule has 198 valence electrons. The van der Waals surface area contributed by atoms with E-state index in [1.54, 1.807) is 4.90 Å². The molecular formula is C30H45N3O3. The van der Waals surface area contributed by atoms with Crippen LogP contribution in [0.3, 0.4) is 0 Å². The molecule has 6 nitrogen and oxygen atoms in total. The largest absolute Gasteiger partial charge is 0.444 e. The monoisotopic (exact) mass is 495 g/mol. The van der Waals surface area contributed by atoms with Crippen molar-refractivity contribution in [2.45, 2.75) is 91.7 Å². The highest BCUT2D eigenvalue weighted by molar-refractivity contribution is 5.88. The number of hydrogen-bond donors (Lipinski definition) is 1. The molecule has 1 aromatic carbocycles. The average Bonchev–Trinajstić information content (AvgIpc) is 3.18. The van der Waals surface area contributed by atoms with Gasteiger partial charge in [0.05, 0.1) is 6.04 Å². The fraction of sp³-hybridized carbons (Fsp3) is 0.667. The second-order valence-corrected chi connectivity index (χ2v) is 12.5. The summed E-state index contributed by atoms with van der Waals surface area (Å²) in [5, 5.41) is 1.32. The van der Waals surface area contributed by atoms with Crippen molar-refractivity contribution in [2.24, 2.45) is 17.8 Å². The fourth-order valence-electron chi connectivity index (χ4n) is 6.12. The second-order valence-electron chi connectivity index (χ2n) is 12.5. The van der Waals surface area contributed by atoms with Crippen molar-refractivity contribution >= 4 is 22.9 Å². The van der Waals surface area contributed by atoms with Gasteiger partial charge in [-0.1, -0.05) is 32.0 Å². The summed E-state index contributed by atoms with van der Waals surface area (Å²) in [6, 6.07) is 6.63.